The van der Waals surface area contributed by atoms with Gasteiger partial charge in [-0.2, -0.15) is 0 Å². The summed E-state index contributed by atoms with van der Waals surface area (Å²) in [5.41, 5.74) is 1.41. The van der Waals surface area contributed by atoms with Crippen molar-refractivity contribution in [2.75, 3.05) is 11.8 Å². The summed E-state index contributed by atoms with van der Waals surface area (Å²) in [6, 6.07) is 18.3. The standard InChI is InChI=1S/C20H21NO3S/c1-14(2)19-13-18(10-11-20(19)24-3)25(22,23)21-17-9-8-15-6-4-5-7-16(15)12-17/h4-14,21H,1-3H3. The zero-order chi connectivity index (χ0) is 18.0. The number of anilines is 1. The molecule has 0 saturated carbocycles. The third-order valence-corrected chi connectivity index (χ3v) is 5.51. The van der Waals surface area contributed by atoms with E-state index < -0.39 is 10.0 Å². The van der Waals surface area contributed by atoms with Crippen LogP contribution in [0.25, 0.3) is 10.8 Å². The molecule has 1 N–H and O–H groups in total. The van der Waals surface area contributed by atoms with Gasteiger partial charge in [-0.15, -0.1) is 0 Å². The largest absolute Gasteiger partial charge is 0.496 e. The van der Waals surface area contributed by atoms with E-state index in [1.54, 1.807) is 31.4 Å². The van der Waals surface area contributed by atoms with Crippen LogP contribution in [0.15, 0.2) is 65.6 Å². The number of hydrogen-bond acceptors (Lipinski definition) is 3. The Morgan fingerprint density at radius 1 is 0.920 bits per heavy atom. The van der Waals surface area contributed by atoms with Crippen molar-refractivity contribution >= 4 is 26.5 Å². The highest BCUT2D eigenvalue weighted by Crippen LogP contribution is 2.30. The van der Waals surface area contributed by atoms with E-state index in [-0.39, 0.29) is 10.8 Å². The summed E-state index contributed by atoms with van der Waals surface area (Å²) in [5, 5.41) is 2.05. The molecular formula is C20H21NO3S. The van der Waals surface area contributed by atoms with Crippen molar-refractivity contribution in [3.8, 4) is 5.75 Å². The molecule has 0 heterocycles. The molecule has 0 fully saturated rings. The van der Waals surface area contributed by atoms with Crippen molar-refractivity contribution in [3.63, 3.8) is 0 Å². The molecular weight excluding hydrogens is 334 g/mol. The van der Waals surface area contributed by atoms with Crippen LogP contribution in [0.4, 0.5) is 5.69 Å². The molecule has 0 bridgehead atoms. The molecule has 3 rings (SSSR count). The van der Waals surface area contributed by atoms with Crippen LogP contribution >= 0.6 is 0 Å². The first-order chi connectivity index (χ1) is 11.9. The summed E-state index contributed by atoms with van der Waals surface area (Å²) in [7, 11) is -2.08. The second-order valence-corrected chi connectivity index (χ2v) is 7.91. The minimum Gasteiger partial charge on any atom is -0.496 e. The molecule has 3 aromatic rings. The van der Waals surface area contributed by atoms with Gasteiger partial charge < -0.3 is 4.74 Å². The Morgan fingerprint density at radius 2 is 1.64 bits per heavy atom. The molecule has 3 aromatic carbocycles. The highest BCUT2D eigenvalue weighted by atomic mass is 32.2. The van der Waals surface area contributed by atoms with Crippen LogP contribution in [0.2, 0.25) is 0 Å². The second kappa shape index (κ2) is 6.76. The quantitative estimate of drug-likeness (QED) is 0.717. The van der Waals surface area contributed by atoms with Gasteiger partial charge in [-0.3, -0.25) is 4.72 Å². The van der Waals surface area contributed by atoms with Gasteiger partial charge in [0.1, 0.15) is 5.75 Å². The van der Waals surface area contributed by atoms with Crippen molar-refractivity contribution in [3.05, 3.63) is 66.2 Å². The third-order valence-electron chi connectivity index (χ3n) is 4.14. The number of fused-ring (bicyclic) bond motifs is 1. The lowest BCUT2D eigenvalue weighted by Crippen LogP contribution is -2.13. The van der Waals surface area contributed by atoms with Gasteiger partial charge in [0.15, 0.2) is 0 Å². The highest BCUT2D eigenvalue weighted by molar-refractivity contribution is 7.92. The van der Waals surface area contributed by atoms with Gasteiger partial charge in [0.25, 0.3) is 10.0 Å². The second-order valence-electron chi connectivity index (χ2n) is 6.23. The molecule has 25 heavy (non-hydrogen) atoms. The summed E-state index contributed by atoms with van der Waals surface area (Å²) in [6.45, 7) is 4.01. The normalized spacial score (nSPS) is 11.7. The molecule has 0 aromatic heterocycles. The number of benzene rings is 3. The summed E-state index contributed by atoms with van der Waals surface area (Å²) >= 11 is 0. The molecule has 0 atom stereocenters. The van der Waals surface area contributed by atoms with Gasteiger partial charge in [-0.25, -0.2) is 8.42 Å². The van der Waals surface area contributed by atoms with E-state index >= 15 is 0 Å². The van der Waals surface area contributed by atoms with Gasteiger partial charge in [0.2, 0.25) is 0 Å². The minimum atomic E-state index is -3.67. The lowest BCUT2D eigenvalue weighted by molar-refractivity contribution is 0.407. The van der Waals surface area contributed by atoms with Gasteiger partial charge in [-0.05, 0) is 52.6 Å². The third kappa shape index (κ3) is 3.61. The van der Waals surface area contributed by atoms with Crippen molar-refractivity contribution in [1.82, 2.24) is 0 Å². The van der Waals surface area contributed by atoms with Gasteiger partial charge in [0, 0.05) is 5.69 Å². The molecule has 0 aliphatic carbocycles. The van der Waals surface area contributed by atoms with E-state index in [9.17, 15) is 8.42 Å². The van der Waals surface area contributed by atoms with E-state index in [4.69, 9.17) is 4.74 Å². The van der Waals surface area contributed by atoms with Crippen LogP contribution in [0.1, 0.15) is 25.3 Å². The Balaban J connectivity index is 1.96. The molecule has 5 heteroatoms. The van der Waals surface area contributed by atoms with Crippen LogP contribution in [0, 0.1) is 0 Å². The lowest BCUT2D eigenvalue weighted by atomic mass is 10.0. The zero-order valence-electron chi connectivity index (χ0n) is 14.5. The Bertz CT molecular complexity index is 1010. The average molecular weight is 355 g/mol. The van der Waals surface area contributed by atoms with Crippen LogP contribution in [-0.4, -0.2) is 15.5 Å². The van der Waals surface area contributed by atoms with Gasteiger partial charge in [-0.1, -0.05) is 44.2 Å². The summed E-state index contributed by atoms with van der Waals surface area (Å²) < 4.78 is 33.5. The molecule has 4 nitrogen and oxygen atoms in total. The Kier molecular flexibility index (Phi) is 4.68. The number of nitrogens with one attached hydrogen (secondary N) is 1. The first-order valence-corrected chi connectivity index (χ1v) is 9.58. The molecule has 0 radical (unpaired) electrons. The molecule has 0 unspecified atom stereocenters. The zero-order valence-corrected chi connectivity index (χ0v) is 15.3. The number of hydrogen-bond donors (Lipinski definition) is 1. The molecule has 0 amide bonds. The van der Waals surface area contributed by atoms with Crippen molar-refractivity contribution < 1.29 is 13.2 Å². The SMILES string of the molecule is COc1ccc(S(=O)(=O)Nc2ccc3ccccc3c2)cc1C(C)C. The maximum atomic E-state index is 12.8. The van der Waals surface area contributed by atoms with E-state index in [0.717, 1.165) is 16.3 Å². The predicted molar refractivity (Wildman–Crippen MR) is 102 cm³/mol. The average Bonchev–Trinajstić information content (AvgIpc) is 2.60. The van der Waals surface area contributed by atoms with E-state index in [0.29, 0.717) is 11.4 Å². The van der Waals surface area contributed by atoms with Crippen LogP contribution in [-0.2, 0) is 10.0 Å². The number of ether oxygens (including phenoxy) is 1. The fourth-order valence-corrected chi connectivity index (χ4v) is 3.88. The van der Waals surface area contributed by atoms with Crippen LogP contribution in [0.5, 0.6) is 5.75 Å². The first-order valence-electron chi connectivity index (χ1n) is 8.10. The highest BCUT2D eigenvalue weighted by Gasteiger charge is 2.18. The maximum Gasteiger partial charge on any atom is 0.261 e. The maximum absolute atomic E-state index is 12.8. The van der Waals surface area contributed by atoms with Crippen molar-refractivity contribution in [1.29, 1.82) is 0 Å². The van der Waals surface area contributed by atoms with Gasteiger partial charge in [0.05, 0.1) is 12.0 Å². The minimum absolute atomic E-state index is 0.158. The molecule has 130 valence electrons. The van der Waals surface area contributed by atoms with Crippen LogP contribution < -0.4 is 9.46 Å². The van der Waals surface area contributed by atoms with Crippen molar-refractivity contribution in [2.24, 2.45) is 0 Å². The molecule has 0 saturated heterocycles. The first kappa shape index (κ1) is 17.3. The Hall–Kier alpha value is -2.53. The number of rotatable bonds is 5. The smallest absolute Gasteiger partial charge is 0.261 e. The van der Waals surface area contributed by atoms with E-state index in [2.05, 4.69) is 4.72 Å². The summed E-state index contributed by atoms with van der Waals surface area (Å²) in [5.74, 6) is 0.852. The molecule has 0 aliphatic heterocycles. The van der Waals surface area contributed by atoms with Gasteiger partial charge >= 0.3 is 0 Å². The van der Waals surface area contributed by atoms with Crippen LogP contribution in [0.3, 0.4) is 0 Å². The summed E-state index contributed by atoms with van der Waals surface area (Å²) in [6.07, 6.45) is 0. The Morgan fingerprint density at radius 3 is 2.32 bits per heavy atom. The number of sulfonamides is 1. The summed E-state index contributed by atoms with van der Waals surface area (Å²) in [4.78, 5) is 0.227. The number of methoxy groups -OCH3 is 1. The fraction of sp³-hybridized carbons (Fsp3) is 0.200. The van der Waals surface area contributed by atoms with Crippen molar-refractivity contribution in [2.45, 2.75) is 24.7 Å². The molecule has 0 spiro atoms. The topological polar surface area (TPSA) is 55.4 Å². The fourth-order valence-electron chi connectivity index (χ4n) is 2.80. The predicted octanol–water partition coefficient (Wildman–Crippen LogP) is 4.77. The monoisotopic (exact) mass is 355 g/mol. The Labute approximate surface area is 148 Å². The van der Waals surface area contributed by atoms with E-state index in [1.807, 2.05) is 50.2 Å². The van der Waals surface area contributed by atoms with E-state index in [1.165, 1.54) is 0 Å². The molecule has 0 aliphatic rings. The lowest BCUT2D eigenvalue weighted by Gasteiger charge is -2.15.